The van der Waals surface area contributed by atoms with Gasteiger partial charge in [-0.15, -0.1) is 0 Å². The lowest BCUT2D eigenvalue weighted by atomic mass is 10.3. The van der Waals surface area contributed by atoms with Crippen molar-refractivity contribution in [3.63, 3.8) is 0 Å². The minimum absolute atomic E-state index is 0.0111. The zero-order chi connectivity index (χ0) is 15.4. The Bertz CT molecular complexity index is 669. The molecular weight excluding hydrogens is 320 g/mol. The molecule has 1 aromatic carbocycles. The Balaban J connectivity index is 3.14. The quantitative estimate of drug-likeness (QED) is 0.728. The first kappa shape index (κ1) is 16.9. The van der Waals surface area contributed by atoms with Gasteiger partial charge in [-0.1, -0.05) is 30.4 Å². The van der Waals surface area contributed by atoms with Crippen LogP contribution in [0.2, 0.25) is 0 Å². The Morgan fingerprint density at radius 3 is 2.20 bits per heavy atom. The minimum Gasteiger partial charge on any atom is -0.393 e. The molecule has 0 heterocycles. The lowest BCUT2D eigenvalue weighted by Gasteiger charge is -2.23. The van der Waals surface area contributed by atoms with Gasteiger partial charge in [0, 0.05) is 19.2 Å². The van der Waals surface area contributed by atoms with Crippen LogP contribution in [0.5, 0.6) is 0 Å². The van der Waals surface area contributed by atoms with Gasteiger partial charge >= 0.3 is 0 Å². The number of nitrogens with zero attached hydrogens (tertiary/aromatic N) is 1. The number of thiocarbonyl (C=S) groups is 1. The van der Waals surface area contributed by atoms with E-state index in [9.17, 15) is 16.8 Å². The third-order valence-electron chi connectivity index (χ3n) is 2.30. The fraction of sp³-hybridized carbons (Fsp3) is 0.364. The second-order valence-corrected chi connectivity index (χ2v) is 9.20. The average Bonchev–Trinajstić information content (AvgIpc) is 2.26. The Hall–Kier alpha value is -1.19. The van der Waals surface area contributed by atoms with Gasteiger partial charge in [0.1, 0.15) is 0 Å². The molecule has 1 rings (SSSR count). The van der Waals surface area contributed by atoms with Gasteiger partial charge in [-0.25, -0.2) is 16.8 Å². The van der Waals surface area contributed by atoms with Crippen molar-refractivity contribution in [3.8, 4) is 0 Å². The van der Waals surface area contributed by atoms with E-state index in [1.54, 1.807) is 30.3 Å². The summed E-state index contributed by atoms with van der Waals surface area (Å²) in [5.41, 5.74) is 5.76. The SMILES string of the molecule is CS(=O)(=O)CS(=O)(=O)N(CCC(N)=S)c1ccccc1. The van der Waals surface area contributed by atoms with Gasteiger partial charge in [0.15, 0.2) is 14.9 Å². The summed E-state index contributed by atoms with van der Waals surface area (Å²) in [6.07, 6.45) is 1.05. The second-order valence-electron chi connectivity index (χ2n) is 4.28. The number of sulfonamides is 1. The largest absolute Gasteiger partial charge is 0.393 e. The molecule has 0 saturated carbocycles. The highest BCUT2D eigenvalue weighted by Gasteiger charge is 2.26. The van der Waals surface area contributed by atoms with E-state index >= 15 is 0 Å². The molecule has 0 radical (unpaired) electrons. The van der Waals surface area contributed by atoms with Crippen molar-refractivity contribution >= 4 is 42.8 Å². The Labute approximate surface area is 124 Å². The first-order valence-corrected chi connectivity index (χ1v) is 9.71. The van der Waals surface area contributed by atoms with Crippen molar-refractivity contribution in [2.24, 2.45) is 5.73 Å². The molecule has 0 aliphatic carbocycles. The average molecular weight is 336 g/mol. The van der Waals surface area contributed by atoms with Crippen LogP contribution in [0.1, 0.15) is 6.42 Å². The fourth-order valence-corrected chi connectivity index (χ4v) is 5.15. The van der Waals surface area contributed by atoms with Crippen molar-refractivity contribution in [2.75, 3.05) is 22.2 Å². The van der Waals surface area contributed by atoms with Gasteiger partial charge in [-0.3, -0.25) is 4.31 Å². The van der Waals surface area contributed by atoms with Crippen LogP contribution >= 0.6 is 12.2 Å². The van der Waals surface area contributed by atoms with Crippen LogP contribution in [0.3, 0.4) is 0 Å². The molecule has 9 heteroatoms. The molecule has 0 saturated heterocycles. The summed E-state index contributed by atoms with van der Waals surface area (Å²) in [5, 5.41) is -0.952. The molecule has 0 unspecified atom stereocenters. The molecule has 0 amide bonds. The summed E-state index contributed by atoms with van der Waals surface area (Å²) < 4.78 is 48.0. The number of nitrogens with two attached hydrogens (primary N) is 1. The van der Waals surface area contributed by atoms with Crippen LogP contribution in [0, 0.1) is 0 Å². The minimum atomic E-state index is -4.00. The summed E-state index contributed by atoms with van der Waals surface area (Å²) in [5.74, 6) is 0. The number of para-hydroxylation sites is 1. The lowest BCUT2D eigenvalue weighted by Crippen LogP contribution is -2.37. The number of hydrogen-bond acceptors (Lipinski definition) is 5. The smallest absolute Gasteiger partial charge is 0.249 e. The number of benzene rings is 1. The van der Waals surface area contributed by atoms with Crippen molar-refractivity contribution in [1.82, 2.24) is 0 Å². The molecule has 2 N–H and O–H groups in total. The van der Waals surface area contributed by atoms with Crippen LogP contribution in [0.15, 0.2) is 30.3 Å². The summed E-state index contributed by atoms with van der Waals surface area (Å²) in [7, 11) is -7.67. The Morgan fingerprint density at radius 1 is 1.20 bits per heavy atom. The molecule has 0 aromatic heterocycles. The van der Waals surface area contributed by atoms with Gasteiger partial charge in [0.05, 0.1) is 10.7 Å². The maximum absolute atomic E-state index is 12.2. The molecule has 0 aliphatic heterocycles. The standard InChI is InChI=1S/C11H16N2O4S3/c1-19(14,15)9-20(16,17)13(8-7-11(12)18)10-5-3-2-4-6-10/h2-6H,7-9H2,1H3,(H2,12,18). The molecule has 0 spiro atoms. The first-order valence-electron chi connectivity index (χ1n) is 5.63. The highest BCUT2D eigenvalue weighted by Crippen LogP contribution is 2.19. The van der Waals surface area contributed by atoms with E-state index in [0.29, 0.717) is 5.69 Å². The van der Waals surface area contributed by atoms with E-state index in [1.165, 1.54) is 0 Å². The number of rotatable bonds is 7. The van der Waals surface area contributed by atoms with Crippen LogP contribution in [0.4, 0.5) is 5.69 Å². The zero-order valence-electron chi connectivity index (χ0n) is 10.9. The van der Waals surface area contributed by atoms with Crippen molar-refractivity contribution in [2.45, 2.75) is 6.42 Å². The Morgan fingerprint density at radius 2 is 1.75 bits per heavy atom. The molecule has 6 nitrogen and oxygen atoms in total. The van der Waals surface area contributed by atoms with Crippen molar-refractivity contribution in [3.05, 3.63) is 30.3 Å². The van der Waals surface area contributed by atoms with E-state index in [0.717, 1.165) is 10.6 Å². The maximum Gasteiger partial charge on any atom is 0.249 e. The summed E-state index contributed by atoms with van der Waals surface area (Å²) >= 11 is 4.73. The molecule has 1 aromatic rings. The topological polar surface area (TPSA) is 97.5 Å². The van der Waals surface area contributed by atoms with Gasteiger partial charge in [0.2, 0.25) is 10.0 Å². The fourth-order valence-electron chi connectivity index (χ4n) is 1.57. The maximum atomic E-state index is 12.2. The molecule has 0 bridgehead atoms. The highest BCUT2D eigenvalue weighted by molar-refractivity contribution is 8.08. The van der Waals surface area contributed by atoms with Gasteiger partial charge < -0.3 is 5.73 Å². The molecule has 0 atom stereocenters. The van der Waals surface area contributed by atoms with E-state index in [-0.39, 0.29) is 18.0 Å². The third kappa shape index (κ3) is 5.43. The molecule has 0 fully saturated rings. The van der Waals surface area contributed by atoms with Gasteiger partial charge in [0.25, 0.3) is 0 Å². The van der Waals surface area contributed by atoms with E-state index < -0.39 is 24.9 Å². The summed E-state index contributed by atoms with van der Waals surface area (Å²) in [4.78, 5) is 0.167. The molecule has 0 aliphatic rings. The van der Waals surface area contributed by atoms with Crippen molar-refractivity contribution in [1.29, 1.82) is 0 Å². The highest BCUT2D eigenvalue weighted by atomic mass is 32.3. The predicted octanol–water partition coefficient (Wildman–Crippen LogP) is 0.501. The number of sulfone groups is 1. The van der Waals surface area contributed by atoms with E-state index in [4.69, 9.17) is 18.0 Å². The normalized spacial score (nSPS) is 12.1. The van der Waals surface area contributed by atoms with Crippen LogP contribution in [-0.2, 0) is 19.9 Å². The lowest BCUT2D eigenvalue weighted by molar-refractivity contribution is 0.588. The number of hydrogen-bond donors (Lipinski definition) is 1. The van der Waals surface area contributed by atoms with E-state index in [1.807, 2.05) is 0 Å². The van der Waals surface area contributed by atoms with Crippen LogP contribution in [0.25, 0.3) is 0 Å². The monoisotopic (exact) mass is 336 g/mol. The molecule has 20 heavy (non-hydrogen) atoms. The molecular formula is C11H16N2O4S3. The third-order valence-corrected chi connectivity index (χ3v) is 6.48. The molecule has 112 valence electrons. The van der Waals surface area contributed by atoms with Crippen molar-refractivity contribution < 1.29 is 16.8 Å². The second kappa shape index (κ2) is 6.51. The van der Waals surface area contributed by atoms with Crippen LogP contribution in [-0.4, -0.2) is 39.7 Å². The van der Waals surface area contributed by atoms with E-state index in [2.05, 4.69) is 0 Å². The first-order chi connectivity index (χ1) is 9.12. The Kier molecular flexibility index (Phi) is 5.49. The van der Waals surface area contributed by atoms with Gasteiger partial charge in [-0.05, 0) is 12.1 Å². The van der Waals surface area contributed by atoms with Gasteiger partial charge in [-0.2, -0.15) is 0 Å². The zero-order valence-corrected chi connectivity index (χ0v) is 13.3. The number of anilines is 1. The van der Waals surface area contributed by atoms with Crippen LogP contribution < -0.4 is 10.0 Å². The summed E-state index contributed by atoms with van der Waals surface area (Å²) in [6, 6.07) is 8.23. The summed E-state index contributed by atoms with van der Waals surface area (Å²) in [6.45, 7) is 0.0111. The predicted molar refractivity (Wildman–Crippen MR) is 83.8 cm³/mol.